The number of hydrogen-bond acceptors (Lipinski definition) is 2. The second-order valence-corrected chi connectivity index (χ2v) is 5.54. The van der Waals surface area contributed by atoms with Crippen molar-refractivity contribution >= 4 is 27.5 Å². The topological polar surface area (TPSA) is 53.1 Å². The molecule has 0 aliphatic rings. The van der Waals surface area contributed by atoms with Crippen LogP contribution in [0.5, 0.6) is 0 Å². The summed E-state index contributed by atoms with van der Waals surface area (Å²) in [5, 5.41) is 7.70. The summed E-state index contributed by atoms with van der Waals surface area (Å²) >= 11 is 3.43. The molecule has 0 aromatic heterocycles. The molecule has 0 radical (unpaired) electrons. The van der Waals surface area contributed by atoms with E-state index in [-0.39, 0.29) is 5.84 Å². The molecule has 0 aliphatic heterocycles. The predicted molar refractivity (Wildman–Crippen MR) is 82.5 cm³/mol. The third kappa shape index (κ3) is 3.73. The van der Waals surface area contributed by atoms with Crippen molar-refractivity contribution in [3.63, 3.8) is 0 Å². The van der Waals surface area contributed by atoms with E-state index in [0.29, 0.717) is 5.92 Å². The molecule has 0 fully saturated rings. The lowest BCUT2D eigenvalue weighted by molar-refractivity contribution is 0.548. The Bertz CT molecular complexity index is 418. The number of anilines is 1. The first-order valence-electron chi connectivity index (χ1n) is 6.38. The highest BCUT2D eigenvalue weighted by Gasteiger charge is 2.14. The van der Waals surface area contributed by atoms with E-state index < -0.39 is 0 Å². The zero-order valence-electron chi connectivity index (χ0n) is 11.3. The fourth-order valence-corrected chi connectivity index (χ4v) is 2.26. The summed E-state index contributed by atoms with van der Waals surface area (Å²) in [7, 11) is 0. The zero-order valence-corrected chi connectivity index (χ0v) is 12.9. The molecule has 0 spiro atoms. The normalized spacial score (nSPS) is 12.2. The van der Waals surface area contributed by atoms with Gasteiger partial charge in [-0.25, -0.2) is 0 Å². The van der Waals surface area contributed by atoms with Crippen LogP contribution in [0.25, 0.3) is 0 Å². The van der Waals surface area contributed by atoms with Crippen molar-refractivity contribution in [1.29, 1.82) is 5.41 Å². The van der Waals surface area contributed by atoms with E-state index in [1.165, 1.54) is 0 Å². The quantitative estimate of drug-likeness (QED) is 0.623. The number of benzene rings is 1. The van der Waals surface area contributed by atoms with Crippen LogP contribution in [-0.4, -0.2) is 18.9 Å². The van der Waals surface area contributed by atoms with Crippen molar-refractivity contribution in [2.24, 2.45) is 11.7 Å². The summed E-state index contributed by atoms with van der Waals surface area (Å²) < 4.78 is 0.955. The maximum absolute atomic E-state index is 7.70. The lowest BCUT2D eigenvalue weighted by Gasteiger charge is -2.28. The van der Waals surface area contributed by atoms with Crippen LogP contribution in [-0.2, 0) is 0 Å². The molecule has 0 saturated carbocycles. The molecule has 0 amide bonds. The van der Waals surface area contributed by atoms with Gasteiger partial charge in [-0.05, 0) is 31.0 Å². The Kier molecular flexibility index (Phi) is 5.66. The van der Waals surface area contributed by atoms with Gasteiger partial charge in [0.05, 0.1) is 0 Å². The predicted octanol–water partition coefficient (Wildman–Crippen LogP) is 3.61. The van der Waals surface area contributed by atoms with E-state index in [9.17, 15) is 0 Å². The molecular formula is C14H22BrN3. The van der Waals surface area contributed by atoms with E-state index in [4.69, 9.17) is 11.1 Å². The Hall–Kier alpha value is -1.03. The number of hydrogen-bond donors (Lipinski definition) is 2. The maximum Gasteiger partial charge on any atom is 0.124 e. The molecule has 100 valence electrons. The summed E-state index contributed by atoms with van der Waals surface area (Å²) in [4.78, 5) is 2.29. The SMILES string of the molecule is CCC(C)CN(CC)c1ccc(Br)cc1C(=N)N. The lowest BCUT2D eigenvalue weighted by atomic mass is 10.1. The Morgan fingerprint density at radius 2 is 2.11 bits per heavy atom. The van der Waals surface area contributed by atoms with Crippen LogP contribution >= 0.6 is 15.9 Å². The first-order valence-corrected chi connectivity index (χ1v) is 7.17. The molecule has 0 saturated heterocycles. The van der Waals surface area contributed by atoms with Crippen LogP contribution in [0, 0.1) is 11.3 Å². The average Bonchev–Trinajstić information content (AvgIpc) is 2.35. The number of amidine groups is 1. The lowest BCUT2D eigenvalue weighted by Crippen LogP contribution is -2.30. The highest BCUT2D eigenvalue weighted by molar-refractivity contribution is 9.10. The molecule has 1 unspecified atom stereocenters. The standard InChI is InChI=1S/C14H22BrN3/c1-4-10(3)9-18(5-2)13-7-6-11(15)8-12(13)14(16)17/h6-8,10H,4-5,9H2,1-3H3,(H3,16,17). The molecule has 1 rings (SSSR count). The van der Waals surface area contributed by atoms with Crippen LogP contribution in [0.2, 0.25) is 0 Å². The molecule has 4 heteroatoms. The van der Waals surface area contributed by atoms with Crippen LogP contribution in [0.3, 0.4) is 0 Å². The van der Waals surface area contributed by atoms with Gasteiger partial charge in [0.25, 0.3) is 0 Å². The third-order valence-corrected chi connectivity index (χ3v) is 3.69. The third-order valence-electron chi connectivity index (χ3n) is 3.20. The molecule has 1 aromatic carbocycles. The Balaban J connectivity index is 3.08. The zero-order chi connectivity index (χ0) is 13.7. The van der Waals surface area contributed by atoms with E-state index in [1.807, 2.05) is 18.2 Å². The maximum atomic E-state index is 7.70. The minimum absolute atomic E-state index is 0.119. The molecule has 0 heterocycles. The van der Waals surface area contributed by atoms with Gasteiger partial charge in [-0.15, -0.1) is 0 Å². The second-order valence-electron chi connectivity index (χ2n) is 4.63. The van der Waals surface area contributed by atoms with Gasteiger partial charge in [-0.1, -0.05) is 36.2 Å². The average molecular weight is 312 g/mol. The summed E-state index contributed by atoms with van der Waals surface area (Å²) in [6.45, 7) is 8.50. The van der Waals surface area contributed by atoms with Crippen molar-refractivity contribution in [2.45, 2.75) is 27.2 Å². The number of rotatable bonds is 6. The molecule has 1 atom stereocenters. The minimum atomic E-state index is 0.119. The summed E-state index contributed by atoms with van der Waals surface area (Å²) in [5.41, 5.74) is 7.53. The number of halogens is 1. The van der Waals surface area contributed by atoms with Crippen molar-refractivity contribution in [3.05, 3.63) is 28.2 Å². The van der Waals surface area contributed by atoms with Gasteiger partial charge in [0.15, 0.2) is 0 Å². The molecule has 18 heavy (non-hydrogen) atoms. The van der Waals surface area contributed by atoms with Crippen molar-refractivity contribution in [3.8, 4) is 0 Å². The molecule has 0 bridgehead atoms. The fraction of sp³-hybridized carbons (Fsp3) is 0.500. The minimum Gasteiger partial charge on any atom is -0.384 e. The number of nitrogens with two attached hydrogens (primary N) is 1. The smallest absolute Gasteiger partial charge is 0.124 e. The van der Waals surface area contributed by atoms with Gasteiger partial charge in [0.1, 0.15) is 5.84 Å². The van der Waals surface area contributed by atoms with Crippen LogP contribution < -0.4 is 10.6 Å². The number of nitrogens with zero attached hydrogens (tertiary/aromatic N) is 1. The van der Waals surface area contributed by atoms with E-state index >= 15 is 0 Å². The van der Waals surface area contributed by atoms with Gasteiger partial charge in [0.2, 0.25) is 0 Å². The molecule has 3 N–H and O–H groups in total. The second kappa shape index (κ2) is 6.78. The first kappa shape index (κ1) is 15.0. The summed E-state index contributed by atoms with van der Waals surface area (Å²) in [6, 6.07) is 5.95. The van der Waals surface area contributed by atoms with Gasteiger partial charge >= 0.3 is 0 Å². The van der Waals surface area contributed by atoms with E-state index in [0.717, 1.165) is 35.2 Å². The first-order chi connectivity index (χ1) is 8.49. The van der Waals surface area contributed by atoms with Crippen LogP contribution in [0.1, 0.15) is 32.8 Å². The van der Waals surface area contributed by atoms with Gasteiger partial charge < -0.3 is 10.6 Å². The Labute approximate surface area is 118 Å². The molecule has 1 aromatic rings. The van der Waals surface area contributed by atoms with Crippen LogP contribution in [0.15, 0.2) is 22.7 Å². The number of nitrogen functional groups attached to an aromatic ring is 1. The fourth-order valence-electron chi connectivity index (χ4n) is 1.90. The largest absolute Gasteiger partial charge is 0.384 e. The summed E-state index contributed by atoms with van der Waals surface area (Å²) in [6.07, 6.45) is 1.16. The molecule has 3 nitrogen and oxygen atoms in total. The number of nitrogens with one attached hydrogen (secondary N) is 1. The molecular weight excluding hydrogens is 290 g/mol. The highest BCUT2D eigenvalue weighted by Crippen LogP contribution is 2.25. The van der Waals surface area contributed by atoms with Crippen molar-refractivity contribution in [2.75, 3.05) is 18.0 Å². The monoisotopic (exact) mass is 311 g/mol. The van der Waals surface area contributed by atoms with Crippen molar-refractivity contribution in [1.82, 2.24) is 0 Å². The van der Waals surface area contributed by atoms with E-state index in [2.05, 4.69) is 41.6 Å². The molecule has 0 aliphatic carbocycles. The Morgan fingerprint density at radius 3 is 2.61 bits per heavy atom. The Morgan fingerprint density at radius 1 is 1.44 bits per heavy atom. The van der Waals surface area contributed by atoms with Gasteiger partial charge in [0, 0.05) is 28.8 Å². The summed E-state index contributed by atoms with van der Waals surface area (Å²) in [5.74, 6) is 0.752. The van der Waals surface area contributed by atoms with Crippen molar-refractivity contribution < 1.29 is 0 Å². The highest BCUT2D eigenvalue weighted by atomic mass is 79.9. The van der Waals surface area contributed by atoms with Gasteiger partial charge in [-0.2, -0.15) is 0 Å². The van der Waals surface area contributed by atoms with Gasteiger partial charge in [-0.3, -0.25) is 5.41 Å². The van der Waals surface area contributed by atoms with E-state index in [1.54, 1.807) is 0 Å². The van der Waals surface area contributed by atoms with Crippen LogP contribution in [0.4, 0.5) is 5.69 Å².